The normalized spacial score (nSPS) is 11.3. The number of hydrogen-bond acceptors (Lipinski definition) is 5. The van der Waals surface area contributed by atoms with Crippen LogP contribution in [0.2, 0.25) is 0 Å². The summed E-state index contributed by atoms with van der Waals surface area (Å²) in [5.74, 6) is 0.879. The summed E-state index contributed by atoms with van der Waals surface area (Å²) in [5, 5.41) is 13.7. The maximum absolute atomic E-state index is 5.83. The molecule has 0 aliphatic carbocycles. The molecule has 120 valence electrons. The van der Waals surface area contributed by atoms with E-state index in [4.69, 9.17) is 4.42 Å². The van der Waals surface area contributed by atoms with E-state index in [1.54, 1.807) is 6.20 Å². The molecular formula is C18H17N5O. The SMILES string of the molecule is CCn1ncc(-c2nnc(-c3ccc4cc(C)ccc4n3)o2)c1C. The number of aromatic nitrogens is 5. The van der Waals surface area contributed by atoms with Crippen molar-refractivity contribution in [3.05, 3.63) is 47.8 Å². The zero-order chi connectivity index (χ0) is 16.7. The zero-order valence-electron chi connectivity index (χ0n) is 13.8. The average Bonchev–Trinajstić information content (AvgIpc) is 3.20. The van der Waals surface area contributed by atoms with Gasteiger partial charge in [-0.2, -0.15) is 5.10 Å². The molecule has 24 heavy (non-hydrogen) atoms. The van der Waals surface area contributed by atoms with Crippen molar-refractivity contribution in [2.75, 3.05) is 0 Å². The maximum Gasteiger partial charge on any atom is 0.266 e. The molecule has 1 aromatic carbocycles. The van der Waals surface area contributed by atoms with E-state index >= 15 is 0 Å². The first-order chi connectivity index (χ1) is 11.7. The van der Waals surface area contributed by atoms with Crippen molar-refractivity contribution in [2.45, 2.75) is 27.3 Å². The van der Waals surface area contributed by atoms with E-state index in [1.165, 1.54) is 5.56 Å². The van der Waals surface area contributed by atoms with Crippen molar-refractivity contribution < 1.29 is 4.42 Å². The first-order valence-electron chi connectivity index (χ1n) is 7.90. The van der Waals surface area contributed by atoms with Gasteiger partial charge in [0.15, 0.2) is 0 Å². The van der Waals surface area contributed by atoms with Gasteiger partial charge in [0.1, 0.15) is 5.69 Å². The van der Waals surface area contributed by atoms with E-state index in [0.29, 0.717) is 17.5 Å². The van der Waals surface area contributed by atoms with Crippen LogP contribution in [0.25, 0.3) is 33.9 Å². The topological polar surface area (TPSA) is 69.6 Å². The second-order valence-electron chi connectivity index (χ2n) is 5.76. The van der Waals surface area contributed by atoms with E-state index in [9.17, 15) is 0 Å². The van der Waals surface area contributed by atoms with Crippen molar-refractivity contribution in [1.29, 1.82) is 0 Å². The van der Waals surface area contributed by atoms with Crippen LogP contribution in [0.1, 0.15) is 18.2 Å². The van der Waals surface area contributed by atoms with Gasteiger partial charge in [-0.05, 0) is 39.0 Å². The number of hydrogen-bond donors (Lipinski definition) is 0. The maximum atomic E-state index is 5.83. The van der Waals surface area contributed by atoms with E-state index in [1.807, 2.05) is 42.8 Å². The van der Waals surface area contributed by atoms with E-state index in [2.05, 4.69) is 33.3 Å². The fourth-order valence-electron chi connectivity index (χ4n) is 2.77. The lowest BCUT2D eigenvalue weighted by Crippen LogP contribution is -1.98. The summed E-state index contributed by atoms with van der Waals surface area (Å²) < 4.78 is 7.73. The van der Waals surface area contributed by atoms with Crippen LogP contribution in [0.3, 0.4) is 0 Å². The predicted molar refractivity (Wildman–Crippen MR) is 91.4 cm³/mol. The minimum atomic E-state index is 0.413. The fraction of sp³-hybridized carbons (Fsp3) is 0.222. The largest absolute Gasteiger partial charge is 0.414 e. The molecule has 0 aliphatic rings. The van der Waals surface area contributed by atoms with Crippen LogP contribution in [0.4, 0.5) is 0 Å². The van der Waals surface area contributed by atoms with Crippen molar-refractivity contribution in [3.8, 4) is 23.0 Å². The Hall–Kier alpha value is -3.02. The third kappa shape index (κ3) is 2.36. The van der Waals surface area contributed by atoms with Crippen molar-refractivity contribution in [3.63, 3.8) is 0 Å². The molecule has 6 nitrogen and oxygen atoms in total. The van der Waals surface area contributed by atoms with Gasteiger partial charge in [0.25, 0.3) is 11.8 Å². The third-order valence-corrected chi connectivity index (χ3v) is 4.12. The Morgan fingerprint density at radius 2 is 1.88 bits per heavy atom. The van der Waals surface area contributed by atoms with Crippen LogP contribution in [0.5, 0.6) is 0 Å². The summed E-state index contributed by atoms with van der Waals surface area (Å²) in [6, 6.07) is 10.1. The minimum Gasteiger partial charge on any atom is -0.414 e. The molecule has 0 atom stereocenters. The van der Waals surface area contributed by atoms with Crippen LogP contribution in [-0.4, -0.2) is 25.0 Å². The Bertz CT molecular complexity index is 1030. The molecule has 3 heterocycles. The summed E-state index contributed by atoms with van der Waals surface area (Å²) in [7, 11) is 0. The van der Waals surface area contributed by atoms with Crippen LogP contribution in [0.15, 0.2) is 40.9 Å². The third-order valence-electron chi connectivity index (χ3n) is 4.12. The van der Waals surface area contributed by atoms with Crippen molar-refractivity contribution in [2.24, 2.45) is 0 Å². The molecule has 0 fully saturated rings. The van der Waals surface area contributed by atoms with Gasteiger partial charge in [-0.3, -0.25) is 4.68 Å². The van der Waals surface area contributed by atoms with Gasteiger partial charge in [0.05, 0.1) is 17.3 Å². The van der Waals surface area contributed by atoms with Crippen LogP contribution in [-0.2, 0) is 6.54 Å². The lowest BCUT2D eigenvalue weighted by molar-refractivity contribution is 0.581. The van der Waals surface area contributed by atoms with Crippen LogP contribution >= 0.6 is 0 Å². The summed E-state index contributed by atoms with van der Waals surface area (Å²) in [6.45, 7) is 6.91. The Morgan fingerprint density at radius 3 is 2.67 bits per heavy atom. The second kappa shape index (κ2) is 5.56. The smallest absolute Gasteiger partial charge is 0.266 e. The van der Waals surface area contributed by atoms with Gasteiger partial charge in [0, 0.05) is 17.6 Å². The molecular weight excluding hydrogens is 302 g/mol. The molecule has 4 aromatic rings. The van der Waals surface area contributed by atoms with Gasteiger partial charge in [-0.1, -0.05) is 17.7 Å². The van der Waals surface area contributed by atoms with Crippen LogP contribution < -0.4 is 0 Å². The standard InChI is InChI=1S/C18H17N5O/c1-4-23-12(3)14(10-19-23)17-21-22-18(24-17)16-8-6-13-9-11(2)5-7-15(13)20-16/h5-10H,4H2,1-3H3. The van der Waals surface area contributed by atoms with E-state index in [0.717, 1.165) is 28.7 Å². The summed E-state index contributed by atoms with van der Waals surface area (Å²) in [6.07, 6.45) is 1.76. The molecule has 0 N–H and O–H groups in total. The minimum absolute atomic E-state index is 0.413. The number of fused-ring (bicyclic) bond motifs is 1. The Kier molecular flexibility index (Phi) is 3.37. The average molecular weight is 319 g/mol. The van der Waals surface area contributed by atoms with Crippen LogP contribution in [0, 0.1) is 13.8 Å². The quantitative estimate of drug-likeness (QED) is 0.574. The lowest BCUT2D eigenvalue weighted by Gasteiger charge is -2.01. The molecule has 0 saturated heterocycles. The molecule has 6 heteroatoms. The van der Waals surface area contributed by atoms with Gasteiger partial charge >= 0.3 is 0 Å². The molecule has 0 radical (unpaired) electrons. The molecule has 0 spiro atoms. The summed E-state index contributed by atoms with van der Waals surface area (Å²) in [5.41, 5.74) is 4.65. The van der Waals surface area contributed by atoms with Gasteiger partial charge in [-0.15, -0.1) is 10.2 Å². The predicted octanol–water partition coefficient (Wildman–Crippen LogP) is 3.79. The Balaban J connectivity index is 1.74. The van der Waals surface area contributed by atoms with E-state index in [-0.39, 0.29) is 0 Å². The van der Waals surface area contributed by atoms with Gasteiger partial charge in [0.2, 0.25) is 0 Å². The molecule has 0 unspecified atom stereocenters. The van der Waals surface area contributed by atoms with Gasteiger partial charge < -0.3 is 4.42 Å². The van der Waals surface area contributed by atoms with Gasteiger partial charge in [-0.25, -0.2) is 4.98 Å². The molecule has 0 saturated carbocycles. The zero-order valence-corrected chi connectivity index (χ0v) is 13.8. The Morgan fingerprint density at radius 1 is 1.04 bits per heavy atom. The highest BCUT2D eigenvalue weighted by atomic mass is 16.4. The number of nitrogens with zero attached hydrogens (tertiary/aromatic N) is 5. The summed E-state index contributed by atoms with van der Waals surface area (Å²) in [4.78, 5) is 4.62. The second-order valence-corrected chi connectivity index (χ2v) is 5.76. The van der Waals surface area contributed by atoms with Crippen molar-refractivity contribution in [1.82, 2.24) is 25.0 Å². The Labute approximate surface area is 139 Å². The highest BCUT2D eigenvalue weighted by molar-refractivity contribution is 5.81. The first-order valence-corrected chi connectivity index (χ1v) is 7.90. The van der Waals surface area contributed by atoms with E-state index < -0.39 is 0 Å². The summed E-state index contributed by atoms with van der Waals surface area (Å²) >= 11 is 0. The molecule has 0 aliphatic heterocycles. The number of aryl methyl sites for hydroxylation is 2. The molecule has 0 bridgehead atoms. The molecule has 3 aromatic heterocycles. The molecule has 0 amide bonds. The highest BCUT2D eigenvalue weighted by Gasteiger charge is 2.16. The lowest BCUT2D eigenvalue weighted by atomic mass is 10.1. The number of pyridine rings is 1. The fourth-order valence-corrected chi connectivity index (χ4v) is 2.77. The monoisotopic (exact) mass is 319 g/mol. The number of rotatable bonds is 3. The van der Waals surface area contributed by atoms with Crippen molar-refractivity contribution >= 4 is 10.9 Å². The first kappa shape index (κ1) is 14.6. The molecule has 4 rings (SSSR count). The highest BCUT2D eigenvalue weighted by Crippen LogP contribution is 2.26. The number of benzene rings is 1.